The van der Waals surface area contributed by atoms with Crippen molar-refractivity contribution in [3.8, 4) is 5.75 Å². The molecule has 0 heterocycles. The Kier molecular flexibility index (Phi) is 5.41. The molecule has 6 heteroatoms. The van der Waals surface area contributed by atoms with Gasteiger partial charge in [-0.3, -0.25) is 0 Å². The number of alkyl halides is 3. The van der Waals surface area contributed by atoms with Crippen molar-refractivity contribution in [2.45, 2.75) is 51.4 Å². The first-order valence-electron chi connectivity index (χ1n) is 7.19. The molecule has 118 valence electrons. The minimum atomic E-state index is -4.67. The molecule has 0 atom stereocenters. The number of benzene rings is 1. The lowest BCUT2D eigenvalue weighted by molar-refractivity contribution is -0.274. The Labute approximate surface area is 131 Å². The molecule has 0 aromatic heterocycles. The van der Waals surface area contributed by atoms with Gasteiger partial charge in [0.25, 0.3) is 0 Å². The topological polar surface area (TPSA) is 21.3 Å². The van der Waals surface area contributed by atoms with Crippen LogP contribution in [0.2, 0.25) is 0 Å². The van der Waals surface area contributed by atoms with Crippen LogP contribution in [0, 0.1) is 5.92 Å². The maximum Gasteiger partial charge on any atom is 0.573 e. The number of hydrogen-bond donors (Lipinski definition) is 1. The van der Waals surface area contributed by atoms with E-state index in [4.69, 9.17) is 0 Å². The zero-order valence-electron chi connectivity index (χ0n) is 11.8. The maximum atomic E-state index is 12.2. The van der Waals surface area contributed by atoms with E-state index in [1.165, 1.54) is 25.3 Å². The lowest BCUT2D eigenvalue weighted by Gasteiger charge is -2.29. The predicted molar refractivity (Wildman–Crippen MR) is 80.5 cm³/mol. The zero-order chi connectivity index (χ0) is 15.5. The van der Waals surface area contributed by atoms with Crippen molar-refractivity contribution in [1.82, 2.24) is 0 Å². The Bertz CT molecular complexity index is 470. The first-order chi connectivity index (χ1) is 9.87. The van der Waals surface area contributed by atoms with Crippen LogP contribution in [-0.2, 0) is 0 Å². The highest BCUT2D eigenvalue weighted by Crippen LogP contribution is 2.34. The molecule has 1 saturated carbocycles. The summed E-state index contributed by atoms with van der Waals surface area (Å²) in [5.74, 6) is 0.597. The summed E-state index contributed by atoms with van der Waals surface area (Å²) < 4.78 is 40.8. The minimum absolute atomic E-state index is 0.220. The van der Waals surface area contributed by atoms with Crippen LogP contribution >= 0.6 is 15.9 Å². The summed E-state index contributed by atoms with van der Waals surface area (Å²) in [6.45, 7) is 2.22. The van der Waals surface area contributed by atoms with Gasteiger partial charge in [-0.05, 0) is 65.7 Å². The van der Waals surface area contributed by atoms with E-state index in [1.54, 1.807) is 12.1 Å². The van der Waals surface area contributed by atoms with Crippen molar-refractivity contribution in [3.05, 3.63) is 22.7 Å². The molecule has 1 aliphatic rings. The van der Waals surface area contributed by atoms with E-state index in [1.807, 2.05) is 0 Å². The van der Waals surface area contributed by atoms with Crippen LogP contribution in [0.15, 0.2) is 22.7 Å². The van der Waals surface area contributed by atoms with Gasteiger partial charge in [0.1, 0.15) is 5.75 Å². The van der Waals surface area contributed by atoms with E-state index >= 15 is 0 Å². The molecule has 0 radical (unpaired) electrons. The number of hydrogen-bond acceptors (Lipinski definition) is 2. The van der Waals surface area contributed by atoms with Crippen molar-refractivity contribution >= 4 is 21.6 Å². The predicted octanol–water partition coefficient (Wildman–Crippen LogP) is 5.73. The normalized spacial score (nSPS) is 22.9. The van der Waals surface area contributed by atoms with Crippen molar-refractivity contribution in [2.75, 3.05) is 5.32 Å². The zero-order valence-corrected chi connectivity index (χ0v) is 13.4. The monoisotopic (exact) mass is 365 g/mol. The molecule has 1 aromatic carbocycles. The summed E-state index contributed by atoms with van der Waals surface area (Å²) in [7, 11) is 0. The van der Waals surface area contributed by atoms with Crippen molar-refractivity contribution in [1.29, 1.82) is 0 Å². The van der Waals surface area contributed by atoms with Gasteiger partial charge in [0.15, 0.2) is 0 Å². The fourth-order valence-electron chi connectivity index (χ4n) is 2.75. The SMILES string of the molecule is CCC1CCC(Nc2ccc(OC(F)(F)F)c(Br)c2)CC1. The van der Waals surface area contributed by atoms with Crippen LogP contribution in [0.4, 0.5) is 18.9 Å². The molecule has 0 bridgehead atoms. The third kappa shape index (κ3) is 5.09. The van der Waals surface area contributed by atoms with Crippen LogP contribution in [0.3, 0.4) is 0 Å². The largest absolute Gasteiger partial charge is 0.573 e. The summed E-state index contributed by atoms with van der Waals surface area (Å²) >= 11 is 3.12. The highest BCUT2D eigenvalue weighted by Gasteiger charge is 2.32. The Morgan fingerprint density at radius 2 is 1.90 bits per heavy atom. The second-order valence-electron chi connectivity index (χ2n) is 5.46. The number of rotatable bonds is 4. The second kappa shape index (κ2) is 6.90. The quantitative estimate of drug-likeness (QED) is 0.735. The number of nitrogens with one attached hydrogen (secondary N) is 1. The van der Waals surface area contributed by atoms with E-state index in [9.17, 15) is 13.2 Å². The minimum Gasteiger partial charge on any atom is -0.405 e. The Morgan fingerprint density at radius 1 is 1.24 bits per heavy atom. The molecule has 1 aromatic rings. The van der Waals surface area contributed by atoms with Gasteiger partial charge in [0.2, 0.25) is 0 Å². The number of halogens is 4. The van der Waals surface area contributed by atoms with E-state index < -0.39 is 6.36 Å². The standard InChI is InChI=1S/C15H19BrF3NO/c1-2-10-3-5-11(6-4-10)20-12-7-8-14(13(16)9-12)21-15(17,18)19/h7-11,20H,2-6H2,1H3. The highest BCUT2D eigenvalue weighted by molar-refractivity contribution is 9.10. The van der Waals surface area contributed by atoms with Crippen LogP contribution in [0.1, 0.15) is 39.0 Å². The molecular weight excluding hydrogens is 347 g/mol. The molecule has 1 fully saturated rings. The summed E-state index contributed by atoms with van der Waals surface area (Å²) in [4.78, 5) is 0. The van der Waals surface area contributed by atoms with Gasteiger partial charge < -0.3 is 10.1 Å². The number of ether oxygens (including phenoxy) is 1. The van der Waals surface area contributed by atoms with Crippen molar-refractivity contribution in [3.63, 3.8) is 0 Å². The molecule has 0 aliphatic heterocycles. The summed E-state index contributed by atoms with van der Waals surface area (Å²) in [5, 5.41) is 3.39. The summed E-state index contributed by atoms with van der Waals surface area (Å²) in [5.41, 5.74) is 0.816. The molecule has 0 amide bonds. The molecule has 0 saturated heterocycles. The number of anilines is 1. The second-order valence-corrected chi connectivity index (χ2v) is 6.32. The fraction of sp³-hybridized carbons (Fsp3) is 0.600. The van der Waals surface area contributed by atoms with Gasteiger partial charge in [-0.1, -0.05) is 13.3 Å². The lowest BCUT2D eigenvalue weighted by Crippen LogP contribution is -2.25. The Hall–Kier alpha value is -0.910. The van der Waals surface area contributed by atoms with Crippen molar-refractivity contribution in [2.24, 2.45) is 5.92 Å². The first kappa shape index (κ1) is 16.5. The first-order valence-corrected chi connectivity index (χ1v) is 7.98. The van der Waals surface area contributed by atoms with Crippen molar-refractivity contribution < 1.29 is 17.9 Å². The molecule has 0 unspecified atom stereocenters. The van der Waals surface area contributed by atoms with Gasteiger partial charge in [0, 0.05) is 11.7 Å². The fourth-order valence-corrected chi connectivity index (χ4v) is 3.21. The Morgan fingerprint density at radius 3 is 2.43 bits per heavy atom. The smallest absolute Gasteiger partial charge is 0.405 e. The Balaban J connectivity index is 1.94. The maximum absolute atomic E-state index is 12.2. The third-order valence-corrected chi connectivity index (χ3v) is 4.57. The molecule has 0 spiro atoms. The van der Waals surface area contributed by atoms with E-state index in [-0.39, 0.29) is 5.75 Å². The molecule has 21 heavy (non-hydrogen) atoms. The van der Waals surface area contributed by atoms with Crippen LogP contribution in [-0.4, -0.2) is 12.4 Å². The van der Waals surface area contributed by atoms with Crippen LogP contribution < -0.4 is 10.1 Å². The van der Waals surface area contributed by atoms with Gasteiger partial charge in [0.05, 0.1) is 4.47 Å². The van der Waals surface area contributed by atoms with Gasteiger partial charge >= 0.3 is 6.36 Å². The molecule has 1 aliphatic carbocycles. The van der Waals surface area contributed by atoms with Gasteiger partial charge in [-0.2, -0.15) is 0 Å². The highest BCUT2D eigenvalue weighted by atomic mass is 79.9. The summed E-state index contributed by atoms with van der Waals surface area (Å²) in [6, 6.07) is 4.98. The molecule has 2 rings (SSSR count). The van der Waals surface area contributed by atoms with Crippen LogP contribution in [0.5, 0.6) is 5.75 Å². The average molecular weight is 366 g/mol. The van der Waals surface area contributed by atoms with E-state index in [0.717, 1.165) is 24.4 Å². The average Bonchev–Trinajstić information content (AvgIpc) is 2.41. The molecular formula is C15H19BrF3NO. The molecule has 2 nitrogen and oxygen atoms in total. The third-order valence-electron chi connectivity index (χ3n) is 3.95. The van der Waals surface area contributed by atoms with Crippen LogP contribution in [0.25, 0.3) is 0 Å². The lowest BCUT2D eigenvalue weighted by atomic mass is 9.84. The summed E-state index contributed by atoms with van der Waals surface area (Å²) in [6.07, 6.45) is 1.20. The molecule has 1 N–H and O–H groups in total. The van der Waals surface area contributed by atoms with Gasteiger partial charge in [-0.25, -0.2) is 0 Å². The van der Waals surface area contributed by atoms with E-state index in [0.29, 0.717) is 10.5 Å². The van der Waals surface area contributed by atoms with E-state index in [2.05, 4.69) is 32.9 Å². The van der Waals surface area contributed by atoms with Gasteiger partial charge in [-0.15, -0.1) is 13.2 Å².